The van der Waals surface area contributed by atoms with Crippen LogP contribution < -0.4 is 4.74 Å². The van der Waals surface area contributed by atoms with Gasteiger partial charge in [0.05, 0.1) is 5.69 Å². The first kappa shape index (κ1) is 17.7. The average molecular weight is 383 g/mol. The lowest BCUT2D eigenvalue weighted by atomic mass is 10.0. The van der Waals surface area contributed by atoms with Gasteiger partial charge in [-0.3, -0.25) is 4.98 Å². The van der Waals surface area contributed by atoms with Crippen molar-refractivity contribution in [2.75, 3.05) is 0 Å². The molecule has 4 rings (SSSR count). The molecule has 140 valence electrons. The standard InChI is InChI=1S/C19H12F3N5O/c20-19(21,22)28-17-10-2-1-8-15(17)13-6-5-7-14(12-13)27-25-18(24-26-27)16-9-3-4-11-23-16/h1-12H. The van der Waals surface area contributed by atoms with Gasteiger partial charge in [-0.2, -0.15) is 0 Å². The predicted molar refractivity (Wildman–Crippen MR) is 94.5 cm³/mol. The third-order valence-corrected chi connectivity index (χ3v) is 3.81. The van der Waals surface area contributed by atoms with Crippen LogP contribution in [0.1, 0.15) is 0 Å². The second-order valence-corrected chi connectivity index (χ2v) is 5.71. The van der Waals surface area contributed by atoms with E-state index in [-0.39, 0.29) is 5.75 Å². The third kappa shape index (κ3) is 3.83. The first-order chi connectivity index (χ1) is 13.5. The van der Waals surface area contributed by atoms with Crippen LogP contribution in [-0.2, 0) is 0 Å². The van der Waals surface area contributed by atoms with Crippen molar-refractivity contribution in [3.63, 3.8) is 0 Å². The Labute approximate surface area is 157 Å². The summed E-state index contributed by atoms with van der Waals surface area (Å²) in [7, 11) is 0. The van der Waals surface area contributed by atoms with Crippen LogP contribution in [0.2, 0.25) is 0 Å². The monoisotopic (exact) mass is 383 g/mol. The zero-order valence-corrected chi connectivity index (χ0v) is 14.2. The molecule has 0 N–H and O–H groups in total. The topological polar surface area (TPSA) is 65.7 Å². The van der Waals surface area contributed by atoms with Crippen molar-refractivity contribution in [1.82, 2.24) is 25.2 Å². The summed E-state index contributed by atoms with van der Waals surface area (Å²) >= 11 is 0. The molecule has 0 unspecified atom stereocenters. The van der Waals surface area contributed by atoms with E-state index in [2.05, 4.69) is 25.1 Å². The van der Waals surface area contributed by atoms with E-state index in [1.165, 1.54) is 16.9 Å². The van der Waals surface area contributed by atoms with Crippen molar-refractivity contribution in [2.45, 2.75) is 6.36 Å². The summed E-state index contributed by atoms with van der Waals surface area (Å²) in [6.07, 6.45) is -3.16. The van der Waals surface area contributed by atoms with Gasteiger partial charge < -0.3 is 4.74 Å². The molecule has 0 spiro atoms. The van der Waals surface area contributed by atoms with Gasteiger partial charge in [0.2, 0.25) is 5.82 Å². The third-order valence-electron chi connectivity index (χ3n) is 3.81. The minimum Gasteiger partial charge on any atom is -0.405 e. The van der Waals surface area contributed by atoms with Crippen LogP contribution >= 0.6 is 0 Å². The van der Waals surface area contributed by atoms with Crippen molar-refractivity contribution >= 4 is 0 Å². The van der Waals surface area contributed by atoms with Crippen LogP contribution in [0.4, 0.5) is 13.2 Å². The number of alkyl halides is 3. The lowest BCUT2D eigenvalue weighted by molar-refractivity contribution is -0.274. The Balaban J connectivity index is 1.70. The summed E-state index contributed by atoms with van der Waals surface area (Å²) in [5.74, 6) is 0.0553. The average Bonchev–Trinajstić information content (AvgIpc) is 3.18. The summed E-state index contributed by atoms with van der Waals surface area (Å²) in [6, 6.07) is 18.0. The molecule has 0 amide bonds. The number of halogens is 3. The number of aromatic nitrogens is 5. The molecule has 0 saturated carbocycles. The maximum atomic E-state index is 12.7. The van der Waals surface area contributed by atoms with Gasteiger partial charge in [-0.05, 0) is 41.1 Å². The number of nitrogens with zero attached hydrogens (tertiary/aromatic N) is 5. The van der Waals surface area contributed by atoms with E-state index < -0.39 is 6.36 Å². The predicted octanol–water partition coefficient (Wildman–Crippen LogP) is 4.29. The van der Waals surface area contributed by atoms with E-state index in [1.54, 1.807) is 60.8 Å². The Morgan fingerprint density at radius 1 is 0.893 bits per heavy atom. The smallest absolute Gasteiger partial charge is 0.405 e. The number of para-hydroxylation sites is 1. The summed E-state index contributed by atoms with van der Waals surface area (Å²) in [6.45, 7) is 0. The summed E-state index contributed by atoms with van der Waals surface area (Å²) in [4.78, 5) is 5.46. The number of pyridine rings is 1. The number of hydrogen-bond acceptors (Lipinski definition) is 5. The molecule has 2 aromatic heterocycles. The van der Waals surface area contributed by atoms with Crippen molar-refractivity contribution in [2.24, 2.45) is 0 Å². The zero-order valence-electron chi connectivity index (χ0n) is 14.2. The molecule has 0 radical (unpaired) electrons. The highest BCUT2D eigenvalue weighted by molar-refractivity contribution is 5.72. The van der Waals surface area contributed by atoms with Crippen LogP contribution in [0.15, 0.2) is 72.9 Å². The van der Waals surface area contributed by atoms with Gasteiger partial charge in [-0.15, -0.1) is 28.2 Å². The van der Waals surface area contributed by atoms with Gasteiger partial charge in [0, 0.05) is 11.8 Å². The molecule has 4 aromatic rings. The van der Waals surface area contributed by atoms with E-state index in [1.807, 2.05) is 0 Å². The highest BCUT2D eigenvalue weighted by atomic mass is 19.4. The number of tetrazole rings is 1. The van der Waals surface area contributed by atoms with E-state index in [9.17, 15) is 13.2 Å². The fraction of sp³-hybridized carbons (Fsp3) is 0.0526. The number of hydrogen-bond donors (Lipinski definition) is 0. The van der Waals surface area contributed by atoms with Crippen LogP contribution in [-0.4, -0.2) is 31.6 Å². The molecule has 0 bridgehead atoms. The van der Waals surface area contributed by atoms with Crippen LogP contribution in [0.25, 0.3) is 28.3 Å². The van der Waals surface area contributed by atoms with Gasteiger partial charge in [0.1, 0.15) is 11.4 Å². The Morgan fingerprint density at radius 3 is 2.50 bits per heavy atom. The number of benzene rings is 2. The minimum absolute atomic E-state index is 0.284. The number of ether oxygens (including phenoxy) is 1. The Morgan fingerprint density at radius 2 is 1.71 bits per heavy atom. The molecule has 2 aromatic carbocycles. The molecule has 28 heavy (non-hydrogen) atoms. The molecular formula is C19H12F3N5O. The largest absolute Gasteiger partial charge is 0.573 e. The molecular weight excluding hydrogens is 371 g/mol. The highest BCUT2D eigenvalue weighted by Gasteiger charge is 2.32. The van der Waals surface area contributed by atoms with Crippen molar-refractivity contribution in [3.8, 4) is 34.1 Å². The number of rotatable bonds is 4. The van der Waals surface area contributed by atoms with E-state index in [0.29, 0.717) is 28.3 Å². The summed E-state index contributed by atoms with van der Waals surface area (Å²) in [5, 5.41) is 12.3. The summed E-state index contributed by atoms with van der Waals surface area (Å²) in [5.41, 5.74) is 1.92. The maximum Gasteiger partial charge on any atom is 0.573 e. The van der Waals surface area contributed by atoms with Crippen LogP contribution in [0.5, 0.6) is 5.75 Å². The normalized spacial score (nSPS) is 11.4. The Hall–Kier alpha value is -3.75. The Kier molecular flexibility index (Phi) is 4.48. The molecule has 0 aliphatic carbocycles. The van der Waals surface area contributed by atoms with Crippen molar-refractivity contribution < 1.29 is 17.9 Å². The van der Waals surface area contributed by atoms with E-state index in [0.717, 1.165) is 0 Å². The van der Waals surface area contributed by atoms with Crippen LogP contribution in [0, 0.1) is 0 Å². The van der Waals surface area contributed by atoms with Gasteiger partial charge >= 0.3 is 6.36 Å². The fourth-order valence-corrected chi connectivity index (χ4v) is 2.64. The molecule has 0 aliphatic rings. The molecule has 6 nitrogen and oxygen atoms in total. The van der Waals surface area contributed by atoms with Gasteiger partial charge in [0.15, 0.2) is 0 Å². The van der Waals surface area contributed by atoms with E-state index in [4.69, 9.17) is 0 Å². The molecule has 9 heteroatoms. The molecule has 2 heterocycles. The molecule has 0 saturated heterocycles. The van der Waals surface area contributed by atoms with Crippen molar-refractivity contribution in [1.29, 1.82) is 0 Å². The summed E-state index contributed by atoms with van der Waals surface area (Å²) < 4.78 is 42.2. The first-order valence-corrected chi connectivity index (χ1v) is 8.17. The van der Waals surface area contributed by atoms with Gasteiger partial charge in [-0.25, -0.2) is 0 Å². The quantitative estimate of drug-likeness (QED) is 0.526. The maximum absolute atomic E-state index is 12.7. The molecule has 0 atom stereocenters. The fourth-order valence-electron chi connectivity index (χ4n) is 2.64. The second kappa shape index (κ2) is 7.10. The SMILES string of the molecule is FC(F)(F)Oc1ccccc1-c1cccc(-n2nnc(-c3ccccn3)n2)c1. The highest BCUT2D eigenvalue weighted by Crippen LogP contribution is 2.34. The minimum atomic E-state index is -4.78. The van der Waals surface area contributed by atoms with Crippen LogP contribution in [0.3, 0.4) is 0 Å². The first-order valence-electron chi connectivity index (χ1n) is 8.17. The van der Waals surface area contributed by atoms with Gasteiger partial charge in [0.25, 0.3) is 0 Å². The van der Waals surface area contributed by atoms with Gasteiger partial charge in [-0.1, -0.05) is 36.4 Å². The second-order valence-electron chi connectivity index (χ2n) is 5.71. The van der Waals surface area contributed by atoms with E-state index >= 15 is 0 Å². The zero-order chi connectivity index (χ0) is 19.6. The van der Waals surface area contributed by atoms with Crippen molar-refractivity contribution in [3.05, 3.63) is 72.9 Å². The lowest BCUT2D eigenvalue weighted by Gasteiger charge is -2.13. The Bertz CT molecular complexity index is 1100. The molecule has 0 aliphatic heterocycles. The lowest BCUT2D eigenvalue weighted by Crippen LogP contribution is -2.17. The molecule has 0 fully saturated rings.